The minimum atomic E-state index is -4.38. The summed E-state index contributed by atoms with van der Waals surface area (Å²) in [4.78, 5) is -0.202. The third-order valence-electron chi connectivity index (χ3n) is 2.23. The largest absolute Gasteiger partial charge is 0.441 e. The summed E-state index contributed by atoms with van der Waals surface area (Å²) < 4.78 is 62.7. The van der Waals surface area contributed by atoms with Gasteiger partial charge in [0.1, 0.15) is 4.90 Å². The van der Waals surface area contributed by atoms with E-state index < -0.39 is 21.3 Å². The first-order valence-corrected chi connectivity index (χ1v) is 7.51. The fraction of sp³-hybridized carbons (Fsp3) is 0.625. The zero-order valence-corrected chi connectivity index (χ0v) is 11.8. The van der Waals surface area contributed by atoms with E-state index in [4.69, 9.17) is 5.73 Å². The number of alkyl halides is 3. The van der Waals surface area contributed by atoms with Crippen molar-refractivity contribution >= 4 is 27.6 Å². The number of nitrogens with zero attached hydrogens (tertiary/aromatic N) is 2. The average molecular weight is 318 g/mol. The van der Waals surface area contributed by atoms with E-state index in [0.29, 0.717) is 5.69 Å². The number of nitrogen functional groups attached to an aromatic ring is 1. The molecule has 19 heavy (non-hydrogen) atoms. The molecule has 0 amide bonds. The number of rotatable bonds is 5. The second-order valence-electron chi connectivity index (χ2n) is 3.62. The van der Waals surface area contributed by atoms with Crippen LogP contribution in [-0.2, 0) is 17.1 Å². The molecule has 1 aromatic heterocycles. The van der Waals surface area contributed by atoms with Crippen LogP contribution < -0.4 is 10.5 Å². The first kappa shape index (κ1) is 16.1. The molecule has 11 heteroatoms. The average Bonchev–Trinajstić information content (AvgIpc) is 2.47. The van der Waals surface area contributed by atoms with Gasteiger partial charge in [0.25, 0.3) is 0 Å². The highest BCUT2D eigenvalue weighted by Gasteiger charge is 2.28. The topological polar surface area (TPSA) is 90.0 Å². The van der Waals surface area contributed by atoms with Gasteiger partial charge in [-0.3, -0.25) is 4.68 Å². The monoisotopic (exact) mass is 318 g/mol. The predicted molar refractivity (Wildman–Crippen MR) is 66.1 cm³/mol. The predicted octanol–water partition coefficient (Wildman–Crippen LogP) is 0.842. The van der Waals surface area contributed by atoms with Crippen molar-refractivity contribution in [2.45, 2.75) is 17.3 Å². The number of aromatic nitrogens is 2. The van der Waals surface area contributed by atoms with Crippen molar-refractivity contribution in [2.75, 3.05) is 18.0 Å². The lowest BCUT2D eigenvalue weighted by Crippen LogP contribution is -2.27. The van der Waals surface area contributed by atoms with Crippen LogP contribution in [0.5, 0.6) is 0 Å². The smallest absolute Gasteiger partial charge is 0.381 e. The van der Waals surface area contributed by atoms with Gasteiger partial charge in [-0.1, -0.05) is 0 Å². The van der Waals surface area contributed by atoms with Crippen molar-refractivity contribution in [3.8, 4) is 0 Å². The molecule has 3 N–H and O–H groups in total. The Morgan fingerprint density at radius 3 is 2.47 bits per heavy atom. The molecule has 0 spiro atoms. The first-order chi connectivity index (χ1) is 8.54. The van der Waals surface area contributed by atoms with E-state index in [-0.39, 0.29) is 29.0 Å². The molecule has 1 aromatic rings. The van der Waals surface area contributed by atoms with Crippen LogP contribution in [0.2, 0.25) is 0 Å². The third kappa shape index (κ3) is 4.28. The number of halogens is 3. The molecule has 0 bridgehead atoms. The normalized spacial score (nSPS) is 12.9. The summed E-state index contributed by atoms with van der Waals surface area (Å²) in [5.41, 5.74) is 1.40. The molecule has 0 aliphatic carbocycles. The van der Waals surface area contributed by atoms with Gasteiger partial charge in [0, 0.05) is 19.3 Å². The molecule has 0 atom stereocenters. The van der Waals surface area contributed by atoms with Crippen molar-refractivity contribution in [1.29, 1.82) is 0 Å². The van der Waals surface area contributed by atoms with Crippen LogP contribution in [0.4, 0.5) is 19.0 Å². The molecule has 1 rings (SSSR count). The Kier molecular flexibility index (Phi) is 4.74. The Morgan fingerprint density at radius 2 is 2.05 bits per heavy atom. The Balaban J connectivity index is 2.72. The van der Waals surface area contributed by atoms with E-state index >= 15 is 0 Å². The highest BCUT2D eigenvalue weighted by atomic mass is 32.2. The van der Waals surface area contributed by atoms with Crippen LogP contribution in [0.15, 0.2) is 4.90 Å². The highest BCUT2D eigenvalue weighted by molar-refractivity contribution is 8.00. The molecule has 110 valence electrons. The summed E-state index contributed by atoms with van der Waals surface area (Å²) in [5.74, 6) is -0.599. The van der Waals surface area contributed by atoms with E-state index in [0.717, 1.165) is 0 Å². The number of aryl methyl sites for hydroxylation is 1. The van der Waals surface area contributed by atoms with Gasteiger partial charge in [0.05, 0.1) is 5.69 Å². The van der Waals surface area contributed by atoms with E-state index in [9.17, 15) is 21.6 Å². The van der Waals surface area contributed by atoms with Gasteiger partial charge >= 0.3 is 5.51 Å². The maximum absolute atomic E-state index is 11.9. The molecular weight excluding hydrogens is 305 g/mol. The molecule has 0 saturated carbocycles. The summed E-state index contributed by atoms with van der Waals surface area (Å²) in [7, 11) is -2.44. The first-order valence-electron chi connectivity index (χ1n) is 5.04. The molecule has 0 saturated heterocycles. The summed E-state index contributed by atoms with van der Waals surface area (Å²) >= 11 is -0.296. The number of hydrogen-bond acceptors (Lipinski definition) is 5. The molecule has 0 unspecified atom stereocenters. The molecular formula is C8H13F3N4O2S2. The fourth-order valence-electron chi connectivity index (χ4n) is 1.36. The van der Waals surface area contributed by atoms with Crippen LogP contribution in [0.1, 0.15) is 5.69 Å². The van der Waals surface area contributed by atoms with Crippen molar-refractivity contribution in [1.82, 2.24) is 14.5 Å². The fourth-order valence-corrected chi connectivity index (χ4v) is 3.28. The zero-order valence-electron chi connectivity index (χ0n) is 10.2. The standard InChI is InChI=1S/C8H13F3N4O2S2/c1-5-6(7(12)14-15(5)2)19(16,17)13-3-4-18-8(9,10)11/h13H,3-4H2,1-2H3,(H2,12,14). The summed E-state index contributed by atoms with van der Waals surface area (Å²) in [6.45, 7) is 1.16. The van der Waals surface area contributed by atoms with Crippen LogP contribution in [0.3, 0.4) is 0 Å². The van der Waals surface area contributed by atoms with Gasteiger partial charge in [-0.05, 0) is 18.7 Å². The molecule has 1 heterocycles. The second-order valence-corrected chi connectivity index (χ2v) is 6.48. The van der Waals surface area contributed by atoms with Gasteiger partial charge < -0.3 is 5.73 Å². The zero-order chi connectivity index (χ0) is 14.8. The maximum Gasteiger partial charge on any atom is 0.441 e. The van der Waals surface area contributed by atoms with E-state index in [2.05, 4.69) is 9.82 Å². The minimum absolute atomic E-state index is 0.184. The number of thioether (sulfide) groups is 1. The molecule has 6 nitrogen and oxygen atoms in total. The van der Waals surface area contributed by atoms with Gasteiger partial charge in [-0.15, -0.1) is 0 Å². The van der Waals surface area contributed by atoms with Crippen molar-refractivity contribution in [3.63, 3.8) is 0 Å². The van der Waals surface area contributed by atoms with Crippen LogP contribution in [0.25, 0.3) is 0 Å². The second kappa shape index (κ2) is 5.59. The summed E-state index contributed by atoms with van der Waals surface area (Å²) in [6, 6.07) is 0. The van der Waals surface area contributed by atoms with Gasteiger partial charge in [-0.2, -0.15) is 18.3 Å². The van der Waals surface area contributed by atoms with Gasteiger partial charge in [0.15, 0.2) is 5.82 Å². The summed E-state index contributed by atoms with van der Waals surface area (Å²) in [5, 5.41) is 3.73. The van der Waals surface area contributed by atoms with Gasteiger partial charge in [0.2, 0.25) is 10.0 Å². The molecule has 0 aliphatic rings. The van der Waals surface area contributed by atoms with Crippen molar-refractivity contribution < 1.29 is 21.6 Å². The molecule has 0 fully saturated rings. The Bertz CT molecular complexity index is 553. The Labute approximate surface area is 112 Å². The number of nitrogens with two attached hydrogens (primary N) is 1. The van der Waals surface area contributed by atoms with Crippen LogP contribution >= 0.6 is 11.8 Å². The van der Waals surface area contributed by atoms with Crippen molar-refractivity contribution in [3.05, 3.63) is 5.69 Å². The minimum Gasteiger partial charge on any atom is -0.381 e. The summed E-state index contributed by atoms with van der Waals surface area (Å²) in [6.07, 6.45) is 0. The van der Waals surface area contributed by atoms with Crippen molar-refractivity contribution in [2.24, 2.45) is 7.05 Å². The van der Waals surface area contributed by atoms with E-state index in [1.54, 1.807) is 0 Å². The lowest BCUT2D eigenvalue weighted by Gasteiger charge is -2.08. The quantitative estimate of drug-likeness (QED) is 0.785. The van der Waals surface area contributed by atoms with Gasteiger partial charge in [-0.25, -0.2) is 13.1 Å². The number of nitrogens with one attached hydrogen (secondary N) is 1. The lowest BCUT2D eigenvalue weighted by atomic mass is 10.5. The SMILES string of the molecule is Cc1c(S(=O)(=O)NCCSC(F)(F)F)c(N)nn1C. The number of sulfonamides is 1. The Hall–Kier alpha value is -0.940. The highest BCUT2D eigenvalue weighted by Crippen LogP contribution is 2.29. The maximum atomic E-state index is 11.9. The van der Waals surface area contributed by atoms with E-state index in [1.807, 2.05) is 0 Å². The molecule has 0 aromatic carbocycles. The molecule has 0 aliphatic heterocycles. The van der Waals surface area contributed by atoms with E-state index in [1.165, 1.54) is 18.7 Å². The number of anilines is 1. The third-order valence-corrected chi connectivity index (χ3v) is 4.59. The van der Waals surface area contributed by atoms with Crippen LogP contribution in [0, 0.1) is 6.92 Å². The Morgan fingerprint density at radius 1 is 1.47 bits per heavy atom. The molecule has 0 radical (unpaired) electrons. The number of hydrogen-bond donors (Lipinski definition) is 2. The van der Waals surface area contributed by atoms with Crippen LogP contribution in [-0.4, -0.2) is 36.0 Å². The lowest BCUT2D eigenvalue weighted by molar-refractivity contribution is -0.0327.